The van der Waals surface area contributed by atoms with Crippen LogP contribution >= 0.6 is 0 Å². The topological polar surface area (TPSA) is 32.7 Å². The first kappa shape index (κ1) is 12.9. The van der Waals surface area contributed by atoms with Gasteiger partial charge in [0.1, 0.15) is 0 Å². The minimum atomic E-state index is -0.517. The van der Waals surface area contributed by atoms with Gasteiger partial charge in [-0.25, -0.2) is 0 Å². The minimum Gasteiger partial charge on any atom is -0.389 e. The highest BCUT2D eigenvalue weighted by Gasteiger charge is 2.29. The molecule has 1 aliphatic rings. The number of aliphatic hydroxyl groups is 1. The van der Waals surface area contributed by atoms with E-state index in [0.29, 0.717) is 0 Å². The van der Waals surface area contributed by atoms with Gasteiger partial charge in [-0.3, -0.25) is 4.90 Å². The number of rotatable bonds is 4. The van der Waals surface area contributed by atoms with E-state index in [1.54, 1.807) is 0 Å². The third-order valence-electron chi connectivity index (χ3n) is 3.33. The molecule has 0 aromatic heterocycles. The molecule has 2 atom stereocenters. The molecule has 0 aromatic carbocycles. The molecular weight excluding hydrogens is 190 g/mol. The van der Waals surface area contributed by atoms with Crippen LogP contribution in [-0.4, -0.2) is 47.4 Å². The standard InChI is InChI=1S/C12H25NO2/c1-5-12(14,6-2)9-13-7-10(3)15-11(4)8-13/h10-11,14H,5-9H2,1-4H3/t10-,11+. The molecule has 0 aromatic rings. The largest absolute Gasteiger partial charge is 0.389 e. The van der Waals surface area contributed by atoms with Gasteiger partial charge in [-0.15, -0.1) is 0 Å². The number of hydrogen-bond acceptors (Lipinski definition) is 3. The van der Waals surface area contributed by atoms with Gasteiger partial charge in [0.05, 0.1) is 17.8 Å². The van der Waals surface area contributed by atoms with E-state index in [9.17, 15) is 5.11 Å². The lowest BCUT2D eigenvalue weighted by atomic mass is 9.96. The molecule has 3 nitrogen and oxygen atoms in total. The summed E-state index contributed by atoms with van der Waals surface area (Å²) < 4.78 is 5.67. The summed E-state index contributed by atoms with van der Waals surface area (Å²) in [6, 6.07) is 0. The van der Waals surface area contributed by atoms with Gasteiger partial charge in [0.25, 0.3) is 0 Å². The Morgan fingerprint density at radius 2 is 1.67 bits per heavy atom. The van der Waals surface area contributed by atoms with Gasteiger partial charge >= 0.3 is 0 Å². The van der Waals surface area contributed by atoms with Crippen LogP contribution in [0, 0.1) is 0 Å². The van der Waals surface area contributed by atoms with Crippen molar-refractivity contribution in [1.29, 1.82) is 0 Å². The Morgan fingerprint density at radius 3 is 2.07 bits per heavy atom. The SMILES string of the molecule is CCC(O)(CC)CN1C[C@@H](C)O[C@@H](C)C1. The van der Waals surface area contributed by atoms with Gasteiger partial charge in [-0.1, -0.05) is 13.8 Å². The van der Waals surface area contributed by atoms with E-state index in [4.69, 9.17) is 4.74 Å². The normalized spacial score (nSPS) is 29.4. The molecule has 1 aliphatic heterocycles. The van der Waals surface area contributed by atoms with Crippen LogP contribution in [0.1, 0.15) is 40.5 Å². The smallest absolute Gasteiger partial charge is 0.0768 e. The molecule has 0 unspecified atom stereocenters. The lowest BCUT2D eigenvalue weighted by Crippen LogP contribution is -2.51. The van der Waals surface area contributed by atoms with Crippen molar-refractivity contribution in [2.45, 2.75) is 58.3 Å². The summed E-state index contributed by atoms with van der Waals surface area (Å²) in [5, 5.41) is 10.3. The van der Waals surface area contributed by atoms with Crippen LogP contribution < -0.4 is 0 Å². The zero-order valence-corrected chi connectivity index (χ0v) is 10.5. The highest BCUT2D eigenvalue weighted by molar-refractivity contribution is 4.83. The van der Waals surface area contributed by atoms with Crippen LogP contribution in [0.15, 0.2) is 0 Å². The molecule has 0 amide bonds. The zero-order chi connectivity index (χ0) is 11.5. The monoisotopic (exact) mass is 215 g/mol. The Kier molecular flexibility index (Phi) is 4.56. The van der Waals surface area contributed by atoms with Gasteiger partial charge in [-0.2, -0.15) is 0 Å². The van der Waals surface area contributed by atoms with Gasteiger partial charge < -0.3 is 9.84 Å². The fraction of sp³-hybridized carbons (Fsp3) is 1.00. The lowest BCUT2D eigenvalue weighted by molar-refractivity contribution is -0.0934. The Hall–Kier alpha value is -0.120. The van der Waals surface area contributed by atoms with Gasteiger partial charge in [-0.05, 0) is 26.7 Å². The first-order valence-corrected chi connectivity index (χ1v) is 6.09. The third-order valence-corrected chi connectivity index (χ3v) is 3.33. The molecule has 1 heterocycles. The second-order valence-corrected chi connectivity index (χ2v) is 4.88. The van der Waals surface area contributed by atoms with Gasteiger partial charge in [0.15, 0.2) is 0 Å². The van der Waals surface area contributed by atoms with Crippen molar-refractivity contribution < 1.29 is 9.84 Å². The second-order valence-electron chi connectivity index (χ2n) is 4.88. The molecule has 0 aliphatic carbocycles. The Balaban J connectivity index is 2.49. The van der Waals surface area contributed by atoms with Crippen molar-refractivity contribution in [3.63, 3.8) is 0 Å². The summed E-state index contributed by atoms with van der Waals surface area (Å²) in [4.78, 5) is 2.33. The number of hydrogen-bond donors (Lipinski definition) is 1. The van der Waals surface area contributed by atoms with Crippen LogP contribution in [0.5, 0.6) is 0 Å². The molecule has 0 spiro atoms. The molecule has 3 heteroatoms. The van der Waals surface area contributed by atoms with Crippen molar-refractivity contribution >= 4 is 0 Å². The first-order valence-electron chi connectivity index (χ1n) is 6.09. The van der Waals surface area contributed by atoms with Crippen molar-refractivity contribution in [2.75, 3.05) is 19.6 Å². The van der Waals surface area contributed by atoms with Crippen molar-refractivity contribution in [3.05, 3.63) is 0 Å². The molecule has 1 saturated heterocycles. The van der Waals surface area contributed by atoms with E-state index in [1.165, 1.54) is 0 Å². The number of β-amino-alcohol motifs (C(OH)–C–C–N with tert-alkyl or cyclic N) is 1. The molecule has 1 fully saturated rings. The van der Waals surface area contributed by atoms with Crippen LogP contribution in [0.3, 0.4) is 0 Å². The van der Waals surface area contributed by atoms with Crippen LogP contribution in [0.25, 0.3) is 0 Å². The highest BCUT2D eigenvalue weighted by atomic mass is 16.5. The number of nitrogens with zero attached hydrogens (tertiary/aromatic N) is 1. The summed E-state index contributed by atoms with van der Waals surface area (Å²) in [6.07, 6.45) is 2.21. The summed E-state index contributed by atoms with van der Waals surface area (Å²) in [5.74, 6) is 0. The van der Waals surface area contributed by atoms with E-state index in [1.807, 2.05) is 0 Å². The Labute approximate surface area is 93.4 Å². The fourth-order valence-electron chi connectivity index (χ4n) is 2.30. The Morgan fingerprint density at radius 1 is 1.20 bits per heavy atom. The average molecular weight is 215 g/mol. The highest BCUT2D eigenvalue weighted by Crippen LogP contribution is 2.19. The molecule has 0 radical (unpaired) electrons. The molecular formula is C12H25NO2. The molecule has 15 heavy (non-hydrogen) atoms. The molecule has 1 N–H and O–H groups in total. The predicted molar refractivity (Wildman–Crippen MR) is 62.0 cm³/mol. The van der Waals surface area contributed by atoms with E-state index in [2.05, 4.69) is 32.6 Å². The maximum atomic E-state index is 10.3. The molecule has 1 rings (SSSR count). The fourth-order valence-corrected chi connectivity index (χ4v) is 2.30. The van der Waals surface area contributed by atoms with E-state index >= 15 is 0 Å². The summed E-state index contributed by atoms with van der Waals surface area (Å²) in [7, 11) is 0. The maximum absolute atomic E-state index is 10.3. The lowest BCUT2D eigenvalue weighted by Gasteiger charge is -2.39. The Bertz CT molecular complexity index is 182. The first-order chi connectivity index (χ1) is 6.99. The molecule has 90 valence electrons. The van der Waals surface area contributed by atoms with E-state index in [0.717, 1.165) is 32.5 Å². The zero-order valence-electron chi connectivity index (χ0n) is 10.5. The second kappa shape index (κ2) is 5.28. The number of morpholine rings is 1. The molecule has 0 bridgehead atoms. The number of ether oxygens (including phenoxy) is 1. The predicted octanol–water partition coefficient (Wildman–Crippen LogP) is 1.65. The van der Waals surface area contributed by atoms with E-state index < -0.39 is 5.60 Å². The van der Waals surface area contributed by atoms with Crippen LogP contribution in [0.2, 0.25) is 0 Å². The summed E-state index contributed by atoms with van der Waals surface area (Å²) in [5.41, 5.74) is -0.517. The van der Waals surface area contributed by atoms with Crippen LogP contribution in [0.4, 0.5) is 0 Å². The minimum absolute atomic E-state index is 0.284. The summed E-state index contributed by atoms with van der Waals surface area (Å²) >= 11 is 0. The summed E-state index contributed by atoms with van der Waals surface area (Å²) in [6.45, 7) is 10.9. The van der Waals surface area contributed by atoms with Crippen LogP contribution in [-0.2, 0) is 4.74 Å². The average Bonchev–Trinajstić information content (AvgIpc) is 2.16. The van der Waals surface area contributed by atoms with Gasteiger partial charge in [0.2, 0.25) is 0 Å². The maximum Gasteiger partial charge on any atom is 0.0768 e. The third kappa shape index (κ3) is 3.74. The van der Waals surface area contributed by atoms with E-state index in [-0.39, 0.29) is 12.2 Å². The van der Waals surface area contributed by atoms with Crippen molar-refractivity contribution in [3.8, 4) is 0 Å². The molecule has 0 saturated carbocycles. The van der Waals surface area contributed by atoms with Crippen molar-refractivity contribution in [2.24, 2.45) is 0 Å². The van der Waals surface area contributed by atoms with Gasteiger partial charge in [0, 0.05) is 19.6 Å². The quantitative estimate of drug-likeness (QED) is 0.774. The van der Waals surface area contributed by atoms with Crippen molar-refractivity contribution in [1.82, 2.24) is 4.90 Å².